The summed E-state index contributed by atoms with van der Waals surface area (Å²) in [6.07, 6.45) is 5.36. The van der Waals surface area contributed by atoms with E-state index in [0.717, 1.165) is 6.61 Å². The minimum absolute atomic E-state index is 0.924. The summed E-state index contributed by atoms with van der Waals surface area (Å²) in [7, 11) is -1.31. The van der Waals surface area contributed by atoms with Crippen LogP contribution in [0.1, 0.15) is 53.4 Å². The Morgan fingerprint density at radius 3 is 1.64 bits per heavy atom. The molecule has 0 fully saturated rings. The van der Waals surface area contributed by atoms with Crippen molar-refractivity contribution in [3.8, 4) is 0 Å². The fourth-order valence-electron chi connectivity index (χ4n) is 2.03. The first-order chi connectivity index (χ1) is 6.74. The van der Waals surface area contributed by atoms with E-state index in [9.17, 15) is 0 Å². The summed E-state index contributed by atoms with van der Waals surface area (Å²) in [5.41, 5.74) is 0. The molecule has 0 aromatic heterocycles. The molecule has 0 radical (unpaired) electrons. The van der Waals surface area contributed by atoms with Crippen molar-refractivity contribution in [3.05, 3.63) is 0 Å². The Morgan fingerprint density at radius 1 is 0.857 bits per heavy atom. The largest absolute Gasteiger partial charge is 0.417 e. The van der Waals surface area contributed by atoms with Crippen LogP contribution in [-0.2, 0) is 4.43 Å². The fraction of sp³-hybridized carbons (Fsp3) is 1.00. The molecule has 0 atom stereocenters. The van der Waals surface area contributed by atoms with Crippen LogP contribution in [0.3, 0.4) is 0 Å². The molecule has 0 N–H and O–H groups in total. The molecule has 0 heterocycles. The molecule has 1 nitrogen and oxygen atoms in total. The first kappa shape index (κ1) is 14.2. The number of unbranched alkanes of at least 4 members (excludes halogenated alkanes) is 2. The number of hydrogen-bond acceptors (Lipinski definition) is 1. The predicted octanol–water partition coefficient (Wildman–Crippen LogP) is 4.59. The molecule has 0 rings (SSSR count). The topological polar surface area (TPSA) is 9.23 Å². The Labute approximate surface area is 91.4 Å². The van der Waals surface area contributed by atoms with E-state index >= 15 is 0 Å². The zero-order chi connectivity index (χ0) is 10.9. The van der Waals surface area contributed by atoms with Crippen LogP contribution >= 0.6 is 0 Å². The summed E-state index contributed by atoms with van der Waals surface area (Å²) >= 11 is 0. The van der Waals surface area contributed by atoms with Crippen molar-refractivity contribution in [2.24, 2.45) is 0 Å². The van der Waals surface area contributed by atoms with Crippen LogP contribution in [0.25, 0.3) is 0 Å². The molecule has 0 aliphatic rings. The van der Waals surface area contributed by atoms with Crippen molar-refractivity contribution in [1.82, 2.24) is 0 Å². The summed E-state index contributed by atoms with van der Waals surface area (Å²) in [5.74, 6) is 0. The Hall–Kier alpha value is 0.177. The molecule has 2 heteroatoms. The molecule has 86 valence electrons. The molecule has 0 aromatic carbocycles. The highest BCUT2D eigenvalue weighted by atomic mass is 28.4. The number of hydrogen-bond donors (Lipinski definition) is 0. The van der Waals surface area contributed by atoms with Crippen LogP contribution in [0.5, 0.6) is 0 Å². The van der Waals surface area contributed by atoms with E-state index < -0.39 is 8.32 Å². The monoisotopic (exact) mass is 216 g/mol. The van der Waals surface area contributed by atoms with E-state index in [1.807, 2.05) is 0 Å². The van der Waals surface area contributed by atoms with Crippen LogP contribution in [0.4, 0.5) is 0 Å². The molecule has 0 aliphatic carbocycles. The van der Waals surface area contributed by atoms with Crippen molar-refractivity contribution < 1.29 is 4.43 Å². The van der Waals surface area contributed by atoms with Gasteiger partial charge in [-0.1, -0.05) is 46.5 Å². The molecule has 14 heavy (non-hydrogen) atoms. The standard InChI is InChI=1S/C12H28OSi/c1-5-9-11-14(8-4,13-7-3)12-10-6-2/h5-12H2,1-4H3. The third-order valence-electron chi connectivity index (χ3n) is 3.07. The molecule has 0 saturated heterocycles. The van der Waals surface area contributed by atoms with E-state index in [-0.39, 0.29) is 0 Å². The summed E-state index contributed by atoms with van der Waals surface area (Å²) < 4.78 is 6.12. The van der Waals surface area contributed by atoms with Crippen molar-refractivity contribution in [2.75, 3.05) is 6.61 Å². The van der Waals surface area contributed by atoms with E-state index in [0.29, 0.717) is 0 Å². The van der Waals surface area contributed by atoms with E-state index in [4.69, 9.17) is 4.43 Å². The lowest BCUT2D eigenvalue weighted by atomic mass is 10.4. The van der Waals surface area contributed by atoms with Gasteiger partial charge in [0.2, 0.25) is 0 Å². The van der Waals surface area contributed by atoms with Crippen LogP contribution in [0.15, 0.2) is 0 Å². The summed E-state index contributed by atoms with van der Waals surface area (Å²) in [6, 6.07) is 4.07. The SMILES string of the molecule is CCCC[Si](CC)(CCCC)OCC. The Morgan fingerprint density at radius 2 is 1.36 bits per heavy atom. The second-order valence-corrected chi connectivity index (χ2v) is 8.54. The smallest absolute Gasteiger partial charge is 0.192 e. The normalized spacial score (nSPS) is 12.0. The van der Waals surface area contributed by atoms with Gasteiger partial charge in [-0.15, -0.1) is 0 Å². The van der Waals surface area contributed by atoms with E-state index in [2.05, 4.69) is 27.7 Å². The molecule has 0 spiro atoms. The van der Waals surface area contributed by atoms with Gasteiger partial charge in [0.1, 0.15) is 0 Å². The Bertz CT molecular complexity index is 117. The number of rotatable bonds is 9. The van der Waals surface area contributed by atoms with Gasteiger partial charge in [-0.3, -0.25) is 0 Å². The highest BCUT2D eigenvalue weighted by Gasteiger charge is 2.30. The van der Waals surface area contributed by atoms with Crippen LogP contribution in [0.2, 0.25) is 18.1 Å². The molecule has 0 amide bonds. The Kier molecular flexibility index (Phi) is 8.59. The van der Waals surface area contributed by atoms with Gasteiger partial charge in [-0.2, -0.15) is 0 Å². The van der Waals surface area contributed by atoms with Crippen molar-refractivity contribution in [3.63, 3.8) is 0 Å². The lowest BCUT2D eigenvalue weighted by molar-refractivity contribution is 0.316. The lowest BCUT2D eigenvalue weighted by Crippen LogP contribution is -2.37. The van der Waals surface area contributed by atoms with E-state index in [1.165, 1.54) is 43.8 Å². The van der Waals surface area contributed by atoms with Crippen LogP contribution < -0.4 is 0 Å². The molecule has 0 aromatic rings. The molecule has 0 aliphatic heterocycles. The van der Waals surface area contributed by atoms with Gasteiger partial charge >= 0.3 is 0 Å². The fourth-order valence-corrected chi connectivity index (χ4v) is 6.09. The molecular weight excluding hydrogens is 188 g/mol. The minimum Gasteiger partial charge on any atom is -0.417 e. The highest BCUT2D eigenvalue weighted by molar-refractivity contribution is 6.73. The maximum atomic E-state index is 6.12. The second-order valence-electron chi connectivity index (χ2n) is 4.18. The predicted molar refractivity (Wildman–Crippen MR) is 67.3 cm³/mol. The average molecular weight is 216 g/mol. The minimum atomic E-state index is -1.31. The van der Waals surface area contributed by atoms with Crippen LogP contribution in [0, 0.1) is 0 Å². The second kappa shape index (κ2) is 8.48. The third-order valence-corrected chi connectivity index (χ3v) is 7.79. The van der Waals surface area contributed by atoms with Gasteiger partial charge in [0.25, 0.3) is 0 Å². The first-order valence-corrected chi connectivity index (χ1v) is 8.91. The van der Waals surface area contributed by atoms with Crippen LogP contribution in [-0.4, -0.2) is 14.9 Å². The molecule has 0 unspecified atom stereocenters. The van der Waals surface area contributed by atoms with Gasteiger partial charge in [0.05, 0.1) is 0 Å². The van der Waals surface area contributed by atoms with Gasteiger partial charge in [-0.25, -0.2) is 0 Å². The molecular formula is C12H28OSi. The summed E-state index contributed by atoms with van der Waals surface area (Å²) in [4.78, 5) is 0. The summed E-state index contributed by atoms with van der Waals surface area (Å²) in [6.45, 7) is 9.96. The highest BCUT2D eigenvalue weighted by Crippen LogP contribution is 2.26. The van der Waals surface area contributed by atoms with E-state index in [1.54, 1.807) is 0 Å². The lowest BCUT2D eigenvalue weighted by Gasteiger charge is -2.30. The van der Waals surface area contributed by atoms with Gasteiger partial charge in [0, 0.05) is 6.61 Å². The third kappa shape index (κ3) is 5.16. The Balaban J connectivity index is 4.11. The molecule has 0 saturated carbocycles. The average Bonchev–Trinajstić information content (AvgIpc) is 2.22. The zero-order valence-electron chi connectivity index (χ0n) is 10.6. The summed E-state index contributed by atoms with van der Waals surface area (Å²) in [5, 5.41) is 0. The first-order valence-electron chi connectivity index (χ1n) is 6.38. The zero-order valence-corrected chi connectivity index (χ0v) is 11.6. The van der Waals surface area contributed by atoms with Gasteiger partial charge < -0.3 is 4.43 Å². The van der Waals surface area contributed by atoms with Crippen molar-refractivity contribution >= 4 is 8.32 Å². The molecule has 0 bridgehead atoms. The van der Waals surface area contributed by atoms with Gasteiger partial charge in [-0.05, 0) is 25.1 Å². The van der Waals surface area contributed by atoms with Crippen molar-refractivity contribution in [2.45, 2.75) is 71.5 Å². The quantitative estimate of drug-likeness (QED) is 0.512. The van der Waals surface area contributed by atoms with Crippen molar-refractivity contribution in [1.29, 1.82) is 0 Å². The maximum Gasteiger partial charge on any atom is 0.192 e. The maximum absolute atomic E-state index is 6.12. The van der Waals surface area contributed by atoms with Gasteiger partial charge in [0.15, 0.2) is 8.32 Å².